The van der Waals surface area contributed by atoms with Crippen molar-refractivity contribution in [1.29, 1.82) is 0 Å². The van der Waals surface area contributed by atoms with E-state index in [2.05, 4.69) is 0 Å². The molecule has 1 atom stereocenters. The summed E-state index contributed by atoms with van der Waals surface area (Å²) in [6.07, 6.45) is 0.179. The molecule has 0 spiro atoms. The number of aliphatic hydroxyl groups is 1. The Bertz CT molecular complexity index is 439. The van der Waals surface area contributed by atoms with E-state index in [-0.39, 0.29) is 0 Å². The van der Waals surface area contributed by atoms with Crippen LogP contribution in [0.4, 0.5) is 0 Å². The second-order valence-electron chi connectivity index (χ2n) is 4.25. The predicted octanol–water partition coefficient (Wildman–Crippen LogP) is 3.33. The maximum absolute atomic E-state index is 9.94. The monoisotopic (exact) mass is 242 g/mol. The van der Waals surface area contributed by atoms with Gasteiger partial charge in [0.15, 0.2) is 0 Å². The van der Waals surface area contributed by atoms with E-state index in [9.17, 15) is 5.11 Å². The first-order valence-electron chi connectivity index (χ1n) is 6.21. The van der Waals surface area contributed by atoms with Crippen molar-refractivity contribution < 1.29 is 9.84 Å². The Morgan fingerprint density at radius 1 is 0.889 bits per heavy atom. The second kappa shape index (κ2) is 6.94. The molecule has 2 nitrogen and oxygen atoms in total. The summed E-state index contributed by atoms with van der Waals surface area (Å²) in [5, 5.41) is 9.94. The highest BCUT2D eigenvalue weighted by Crippen LogP contribution is 2.15. The minimum atomic E-state index is -0.443. The highest BCUT2D eigenvalue weighted by molar-refractivity contribution is 5.17. The molecular formula is C16H18O2. The summed E-state index contributed by atoms with van der Waals surface area (Å²) >= 11 is 0. The van der Waals surface area contributed by atoms with Gasteiger partial charge in [0.2, 0.25) is 0 Å². The zero-order valence-electron chi connectivity index (χ0n) is 10.3. The molecule has 0 fully saturated rings. The third-order valence-electron chi connectivity index (χ3n) is 2.83. The van der Waals surface area contributed by atoms with Crippen molar-refractivity contribution in [1.82, 2.24) is 0 Å². The van der Waals surface area contributed by atoms with Crippen LogP contribution >= 0.6 is 0 Å². The van der Waals surface area contributed by atoms with Crippen LogP contribution in [0.15, 0.2) is 60.7 Å². The van der Waals surface area contributed by atoms with E-state index in [1.165, 1.54) is 0 Å². The Morgan fingerprint density at radius 3 is 2.17 bits per heavy atom. The van der Waals surface area contributed by atoms with Crippen LogP contribution in [0.25, 0.3) is 0 Å². The lowest BCUT2D eigenvalue weighted by Gasteiger charge is -2.11. The van der Waals surface area contributed by atoms with Crippen molar-refractivity contribution in [3.63, 3.8) is 0 Å². The molecule has 0 aliphatic carbocycles. The molecule has 18 heavy (non-hydrogen) atoms. The minimum absolute atomic E-state index is 0.443. The van der Waals surface area contributed by atoms with Gasteiger partial charge in [-0.15, -0.1) is 0 Å². The molecule has 0 bridgehead atoms. The maximum atomic E-state index is 9.94. The van der Waals surface area contributed by atoms with Gasteiger partial charge in [-0.2, -0.15) is 0 Å². The highest BCUT2D eigenvalue weighted by Gasteiger charge is 2.06. The van der Waals surface area contributed by atoms with Crippen molar-refractivity contribution >= 4 is 0 Å². The Balaban J connectivity index is 1.70. The van der Waals surface area contributed by atoms with E-state index in [0.29, 0.717) is 19.6 Å². The van der Waals surface area contributed by atoms with Crippen LogP contribution < -0.4 is 0 Å². The second-order valence-corrected chi connectivity index (χ2v) is 4.25. The third-order valence-corrected chi connectivity index (χ3v) is 2.83. The third kappa shape index (κ3) is 3.99. The summed E-state index contributed by atoms with van der Waals surface area (Å²) in [6.45, 7) is 1.16. The van der Waals surface area contributed by atoms with Crippen LogP contribution in [0.5, 0.6) is 0 Å². The van der Waals surface area contributed by atoms with Gasteiger partial charge < -0.3 is 9.84 Å². The Hall–Kier alpha value is -1.64. The van der Waals surface area contributed by atoms with Crippen molar-refractivity contribution in [3.8, 4) is 0 Å². The first-order valence-corrected chi connectivity index (χ1v) is 6.21. The Morgan fingerprint density at radius 2 is 1.50 bits per heavy atom. The summed E-state index contributed by atoms with van der Waals surface area (Å²) in [5.41, 5.74) is 2.10. The fourth-order valence-electron chi connectivity index (χ4n) is 1.80. The lowest BCUT2D eigenvalue weighted by molar-refractivity contribution is 0.0733. The molecule has 1 unspecified atom stereocenters. The largest absolute Gasteiger partial charge is 0.388 e. The molecule has 0 amide bonds. The number of aliphatic hydroxyl groups excluding tert-OH is 1. The maximum Gasteiger partial charge on any atom is 0.0812 e. The number of hydrogen-bond donors (Lipinski definition) is 1. The fourth-order valence-corrected chi connectivity index (χ4v) is 1.80. The molecule has 0 radical (unpaired) electrons. The van der Waals surface area contributed by atoms with Crippen molar-refractivity contribution in [3.05, 3.63) is 71.8 Å². The van der Waals surface area contributed by atoms with Crippen molar-refractivity contribution in [2.45, 2.75) is 19.1 Å². The molecule has 94 valence electrons. The molecule has 0 heterocycles. The average molecular weight is 242 g/mol. The topological polar surface area (TPSA) is 29.5 Å². The van der Waals surface area contributed by atoms with Crippen LogP contribution in [-0.2, 0) is 11.3 Å². The number of benzene rings is 2. The highest BCUT2D eigenvalue weighted by atomic mass is 16.5. The number of ether oxygens (including phenoxy) is 1. The lowest BCUT2D eigenvalue weighted by Crippen LogP contribution is -2.03. The molecule has 2 heteroatoms. The van der Waals surface area contributed by atoms with Crippen LogP contribution in [0.1, 0.15) is 23.7 Å². The summed E-state index contributed by atoms with van der Waals surface area (Å²) in [4.78, 5) is 0. The standard InChI is InChI=1S/C16H18O2/c17-16(15-9-5-2-6-10-15)11-12-18-13-14-7-3-1-4-8-14/h1-10,16-17H,11-13H2. The minimum Gasteiger partial charge on any atom is -0.388 e. The molecule has 1 N–H and O–H groups in total. The van der Waals surface area contributed by atoms with Gasteiger partial charge >= 0.3 is 0 Å². The molecule has 0 saturated carbocycles. The van der Waals surface area contributed by atoms with Gasteiger partial charge in [0, 0.05) is 13.0 Å². The van der Waals surface area contributed by atoms with Gasteiger partial charge in [0.05, 0.1) is 12.7 Å². The molecule has 0 aliphatic rings. The zero-order valence-corrected chi connectivity index (χ0v) is 10.3. The van der Waals surface area contributed by atoms with Crippen LogP contribution in [0.3, 0.4) is 0 Å². The lowest BCUT2D eigenvalue weighted by atomic mass is 10.1. The van der Waals surface area contributed by atoms with E-state index >= 15 is 0 Å². The van der Waals surface area contributed by atoms with E-state index in [0.717, 1.165) is 11.1 Å². The molecule has 0 aliphatic heterocycles. The number of hydrogen-bond acceptors (Lipinski definition) is 2. The molecule has 0 aromatic heterocycles. The van der Waals surface area contributed by atoms with Gasteiger partial charge in [0.25, 0.3) is 0 Å². The van der Waals surface area contributed by atoms with E-state index < -0.39 is 6.10 Å². The predicted molar refractivity (Wildman–Crippen MR) is 72.1 cm³/mol. The smallest absolute Gasteiger partial charge is 0.0812 e. The van der Waals surface area contributed by atoms with Crippen molar-refractivity contribution in [2.75, 3.05) is 6.61 Å². The summed E-state index contributed by atoms with van der Waals surface area (Å²) in [7, 11) is 0. The van der Waals surface area contributed by atoms with Crippen LogP contribution in [0.2, 0.25) is 0 Å². The van der Waals surface area contributed by atoms with Crippen LogP contribution in [-0.4, -0.2) is 11.7 Å². The van der Waals surface area contributed by atoms with Gasteiger partial charge in [0.1, 0.15) is 0 Å². The summed E-state index contributed by atoms with van der Waals surface area (Å²) in [6, 6.07) is 19.7. The molecule has 2 aromatic carbocycles. The molecule has 0 saturated heterocycles. The van der Waals surface area contributed by atoms with Gasteiger partial charge in [-0.25, -0.2) is 0 Å². The molecule has 2 aromatic rings. The van der Waals surface area contributed by atoms with E-state index in [4.69, 9.17) is 4.74 Å². The molecule has 2 rings (SSSR count). The zero-order chi connectivity index (χ0) is 12.6. The van der Waals surface area contributed by atoms with E-state index in [1.54, 1.807) is 0 Å². The quantitative estimate of drug-likeness (QED) is 0.787. The Kier molecular flexibility index (Phi) is 4.94. The van der Waals surface area contributed by atoms with Gasteiger partial charge in [-0.1, -0.05) is 60.7 Å². The summed E-state index contributed by atoms with van der Waals surface area (Å²) < 4.78 is 5.55. The Labute approximate surface area is 108 Å². The fraction of sp³-hybridized carbons (Fsp3) is 0.250. The number of rotatable bonds is 6. The summed E-state index contributed by atoms with van der Waals surface area (Å²) in [5.74, 6) is 0. The van der Waals surface area contributed by atoms with Gasteiger partial charge in [-0.3, -0.25) is 0 Å². The normalized spacial score (nSPS) is 12.3. The van der Waals surface area contributed by atoms with Crippen LogP contribution in [0, 0.1) is 0 Å². The first-order chi connectivity index (χ1) is 8.86. The molecular weight excluding hydrogens is 224 g/mol. The first kappa shape index (κ1) is 12.8. The van der Waals surface area contributed by atoms with Gasteiger partial charge in [-0.05, 0) is 11.1 Å². The average Bonchev–Trinajstić information content (AvgIpc) is 2.45. The van der Waals surface area contributed by atoms with E-state index in [1.807, 2.05) is 60.7 Å². The van der Waals surface area contributed by atoms with Crippen molar-refractivity contribution in [2.24, 2.45) is 0 Å². The SMILES string of the molecule is OC(CCOCc1ccccc1)c1ccccc1.